The van der Waals surface area contributed by atoms with Crippen LogP contribution < -0.4 is 0 Å². The number of ether oxygens (including phenoxy) is 1. The molecular weight excluding hydrogens is 521 g/mol. The highest BCUT2D eigenvalue weighted by Crippen LogP contribution is 2.53. The number of carbonyl (C=O) groups excluding carboxylic acids is 1. The van der Waals surface area contributed by atoms with Crippen LogP contribution in [0.3, 0.4) is 0 Å². The molecule has 0 N–H and O–H groups in total. The van der Waals surface area contributed by atoms with Crippen molar-refractivity contribution in [1.29, 1.82) is 0 Å². The van der Waals surface area contributed by atoms with Crippen molar-refractivity contribution in [3.8, 4) is 0 Å². The summed E-state index contributed by atoms with van der Waals surface area (Å²) in [5, 5.41) is -0.367. The Morgan fingerprint density at radius 1 is 1.13 bits per heavy atom. The van der Waals surface area contributed by atoms with E-state index in [0.717, 1.165) is 24.6 Å². The van der Waals surface area contributed by atoms with Gasteiger partial charge in [-0.2, -0.15) is 13.2 Å². The number of halogens is 3. The molecule has 2 aliphatic rings. The number of aryl methyl sites for hydroxylation is 1. The standard InChI is InChI=1S/C26H29F3N4O4S/c1-16-5-7-18(8-6-16)38(35,36)33-13-20(26(27,28)29)19-12-30-21(31-22(19)33)9-17-10-25(11-17)14-32(15-25)23(34)37-24(2,3)4/h5-8,12-13,17H,9-11,14-15H2,1-4H3. The molecule has 1 saturated carbocycles. The maximum absolute atomic E-state index is 13.8. The molecule has 38 heavy (non-hydrogen) atoms. The second-order valence-electron chi connectivity index (χ2n) is 11.5. The molecule has 2 fully saturated rings. The number of fused-ring (bicyclic) bond motifs is 1. The van der Waals surface area contributed by atoms with Crippen LogP contribution in [-0.2, 0) is 27.4 Å². The van der Waals surface area contributed by atoms with Crippen LogP contribution >= 0.6 is 0 Å². The molecule has 0 radical (unpaired) electrons. The molecule has 1 spiro atoms. The summed E-state index contributed by atoms with van der Waals surface area (Å²) < 4.78 is 73.9. The van der Waals surface area contributed by atoms with Gasteiger partial charge >= 0.3 is 12.3 Å². The number of aromatic nitrogens is 3. The summed E-state index contributed by atoms with van der Waals surface area (Å²) in [5.41, 5.74) is -1.12. The average Bonchev–Trinajstić information content (AvgIpc) is 3.13. The first kappa shape index (κ1) is 26.5. The molecule has 3 heterocycles. The van der Waals surface area contributed by atoms with E-state index in [1.54, 1.807) is 24.0 Å². The topological polar surface area (TPSA) is 94.4 Å². The van der Waals surface area contributed by atoms with E-state index in [-0.39, 0.29) is 39.2 Å². The van der Waals surface area contributed by atoms with E-state index in [1.165, 1.54) is 12.1 Å². The molecule has 0 unspecified atom stereocenters. The van der Waals surface area contributed by atoms with Crippen molar-refractivity contribution in [2.24, 2.45) is 11.3 Å². The fraction of sp³-hybridized carbons (Fsp3) is 0.500. The van der Waals surface area contributed by atoms with Gasteiger partial charge in [0.15, 0.2) is 5.65 Å². The first-order valence-corrected chi connectivity index (χ1v) is 13.7. The Balaban J connectivity index is 1.36. The maximum atomic E-state index is 13.8. The van der Waals surface area contributed by atoms with E-state index in [4.69, 9.17) is 4.74 Å². The summed E-state index contributed by atoms with van der Waals surface area (Å²) in [6.07, 6.45) is -1.42. The van der Waals surface area contributed by atoms with Gasteiger partial charge in [-0.1, -0.05) is 17.7 Å². The molecule has 1 amide bonds. The Hall–Kier alpha value is -3.15. The largest absolute Gasteiger partial charge is 0.444 e. The summed E-state index contributed by atoms with van der Waals surface area (Å²) in [6, 6.07) is 5.89. The number of nitrogens with zero attached hydrogens (tertiary/aromatic N) is 4. The molecule has 1 saturated heterocycles. The lowest BCUT2D eigenvalue weighted by Crippen LogP contribution is -2.64. The van der Waals surface area contributed by atoms with E-state index in [0.29, 0.717) is 29.7 Å². The van der Waals surface area contributed by atoms with Gasteiger partial charge < -0.3 is 9.64 Å². The summed E-state index contributed by atoms with van der Waals surface area (Å²) in [5.74, 6) is 0.472. The summed E-state index contributed by atoms with van der Waals surface area (Å²) in [4.78, 5) is 22.2. The molecule has 3 aromatic rings. The normalized spacial score (nSPS) is 17.9. The highest BCUT2D eigenvalue weighted by atomic mass is 32.2. The van der Waals surface area contributed by atoms with Crippen molar-refractivity contribution in [3.63, 3.8) is 0 Å². The van der Waals surface area contributed by atoms with Gasteiger partial charge in [-0.05, 0) is 58.6 Å². The molecule has 204 valence electrons. The quantitative estimate of drug-likeness (QED) is 0.444. The number of amides is 1. The van der Waals surface area contributed by atoms with Crippen LogP contribution in [0.5, 0.6) is 0 Å². The van der Waals surface area contributed by atoms with Crippen LogP contribution in [0.4, 0.5) is 18.0 Å². The van der Waals surface area contributed by atoms with E-state index >= 15 is 0 Å². The molecular formula is C26H29F3N4O4S. The van der Waals surface area contributed by atoms with Crippen molar-refractivity contribution in [2.45, 2.75) is 63.6 Å². The minimum Gasteiger partial charge on any atom is -0.444 e. The van der Waals surface area contributed by atoms with E-state index < -0.39 is 27.4 Å². The SMILES string of the molecule is Cc1ccc(S(=O)(=O)n2cc(C(F)(F)F)c3cnc(CC4CC5(C4)CN(C(=O)OC(C)(C)C)C5)nc32)cc1. The average molecular weight is 551 g/mol. The van der Waals surface area contributed by atoms with Crippen molar-refractivity contribution in [3.05, 3.63) is 53.6 Å². The zero-order valence-corrected chi connectivity index (χ0v) is 22.4. The molecule has 0 bridgehead atoms. The lowest BCUT2D eigenvalue weighted by Gasteiger charge is -2.58. The molecule has 2 aromatic heterocycles. The highest BCUT2D eigenvalue weighted by Gasteiger charge is 2.54. The van der Waals surface area contributed by atoms with Crippen molar-refractivity contribution >= 4 is 27.1 Å². The van der Waals surface area contributed by atoms with Gasteiger partial charge in [-0.15, -0.1) is 0 Å². The van der Waals surface area contributed by atoms with Gasteiger partial charge in [-0.25, -0.2) is 27.2 Å². The Bertz CT molecular complexity index is 1490. The van der Waals surface area contributed by atoms with Gasteiger partial charge in [0, 0.05) is 37.3 Å². The number of carbonyl (C=O) groups is 1. The lowest BCUT2D eigenvalue weighted by molar-refractivity contribution is -0.136. The Morgan fingerprint density at radius 3 is 2.34 bits per heavy atom. The summed E-state index contributed by atoms with van der Waals surface area (Å²) in [6.45, 7) is 8.44. The Kier molecular flexibility index (Phi) is 6.05. The smallest absolute Gasteiger partial charge is 0.418 e. The van der Waals surface area contributed by atoms with Crippen molar-refractivity contribution < 1.29 is 31.1 Å². The molecule has 1 aliphatic heterocycles. The Labute approximate surface area is 218 Å². The van der Waals surface area contributed by atoms with Crippen LogP contribution in [0, 0.1) is 18.3 Å². The second-order valence-corrected chi connectivity index (χ2v) is 13.3. The van der Waals surface area contributed by atoms with Crippen LogP contribution in [0.15, 0.2) is 41.6 Å². The van der Waals surface area contributed by atoms with Gasteiger partial charge in [0.25, 0.3) is 10.0 Å². The zero-order chi connectivity index (χ0) is 27.7. The van der Waals surface area contributed by atoms with Crippen LogP contribution in [-0.4, -0.2) is 52.0 Å². The molecule has 0 atom stereocenters. The highest BCUT2D eigenvalue weighted by molar-refractivity contribution is 7.90. The summed E-state index contributed by atoms with van der Waals surface area (Å²) in [7, 11) is -4.32. The van der Waals surface area contributed by atoms with Crippen LogP contribution in [0.25, 0.3) is 11.0 Å². The van der Waals surface area contributed by atoms with Gasteiger partial charge in [0.2, 0.25) is 0 Å². The fourth-order valence-corrected chi connectivity index (χ4v) is 6.71. The number of rotatable bonds is 4. The molecule has 12 heteroatoms. The minimum atomic E-state index is -4.78. The first-order valence-electron chi connectivity index (χ1n) is 12.3. The number of likely N-dealkylation sites (tertiary alicyclic amines) is 1. The van der Waals surface area contributed by atoms with Gasteiger partial charge in [0.1, 0.15) is 11.4 Å². The van der Waals surface area contributed by atoms with Gasteiger partial charge in [0.05, 0.1) is 15.8 Å². The monoisotopic (exact) mass is 550 g/mol. The van der Waals surface area contributed by atoms with Crippen molar-refractivity contribution in [1.82, 2.24) is 18.8 Å². The number of alkyl halides is 3. The summed E-state index contributed by atoms with van der Waals surface area (Å²) >= 11 is 0. The van der Waals surface area contributed by atoms with E-state index in [1.807, 2.05) is 20.8 Å². The predicted octanol–water partition coefficient (Wildman–Crippen LogP) is 5.19. The lowest BCUT2D eigenvalue weighted by atomic mass is 9.57. The third kappa shape index (κ3) is 4.85. The number of hydrogen-bond donors (Lipinski definition) is 0. The molecule has 8 nitrogen and oxygen atoms in total. The van der Waals surface area contributed by atoms with Crippen LogP contribution in [0.1, 0.15) is 50.6 Å². The number of hydrogen-bond acceptors (Lipinski definition) is 6. The second kappa shape index (κ2) is 8.69. The van der Waals surface area contributed by atoms with E-state index in [2.05, 4.69) is 9.97 Å². The fourth-order valence-electron chi connectivity index (χ4n) is 5.39. The van der Waals surface area contributed by atoms with Crippen LogP contribution in [0.2, 0.25) is 0 Å². The molecule has 5 rings (SSSR count). The molecule has 1 aromatic carbocycles. The van der Waals surface area contributed by atoms with Gasteiger partial charge in [-0.3, -0.25) is 0 Å². The first-order chi connectivity index (χ1) is 17.6. The maximum Gasteiger partial charge on any atom is 0.418 e. The molecule has 1 aliphatic carbocycles. The minimum absolute atomic E-state index is 0.0180. The predicted molar refractivity (Wildman–Crippen MR) is 133 cm³/mol. The third-order valence-electron chi connectivity index (χ3n) is 7.07. The zero-order valence-electron chi connectivity index (χ0n) is 21.5. The third-order valence-corrected chi connectivity index (χ3v) is 8.73. The van der Waals surface area contributed by atoms with Crippen molar-refractivity contribution in [2.75, 3.05) is 13.1 Å². The number of benzene rings is 1. The Morgan fingerprint density at radius 2 is 1.76 bits per heavy atom. The van der Waals surface area contributed by atoms with E-state index in [9.17, 15) is 26.4 Å².